The number of amides is 1. The predicted molar refractivity (Wildman–Crippen MR) is 106 cm³/mol. The van der Waals surface area contributed by atoms with Crippen LogP contribution < -0.4 is 0 Å². The lowest BCUT2D eigenvalue weighted by atomic mass is 9.93. The van der Waals surface area contributed by atoms with Crippen LogP contribution >= 0.6 is 0 Å². The van der Waals surface area contributed by atoms with E-state index >= 15 is 0 Å². The van der Waals surface area contributed by atoms with Gasteiger partial charge in [-0.25, -0.2) is 4.79 Å². The number of aromatic nitrogens is 1. The van der Waals surface area contributed by atoms with E-state index in [4.69, 9.17) is 9.47 Å². The van der Waals surface area contributed by atoms with Crippen LogP contribution in [-0.4, -0.2) is 60.5 Å². The van der Waals surface area contributed by atoms with Gasteiger partial charge in [-0.05, 0) is 39.2 Å². The van der Waals surface area contributed by atoms with E-state index in [1.807, 2.05) is 13.8 Å². The molecule has 0 bridgehead atoms. The standard InChI is InChI=1S/C21H32N2O5/c1-6-22-15(3)19(14(2)20(22)21(26)28-5)17(24)12-23(18(25)13-27-4)16-10-8-7-9-11-16/h16H,6-13H2,1-5H3. The largest absolute Gasteiger partial charge is 0.464 e. The summed E-state index contributed by atoms with van der Waals surface area (Å²) in [6.07, 6.45) is 5.10. The zero-order valence-electron chi connectivity index (χ0n) is 17.7. The van der Waals surface area contributed by atoms with Gasteiger partial charge in [0.05, 0.1) is 13.7 Å². The number of rotatable bonds is 8. The highest BCUT2D eigenvalue weighted by Crippen LogP contribution is 2.26. The van der Waals surface area contributed by atoms with Gasteiger partial charge in [0.25, 0.3) is 0 Å². The minimum atomic E-state index is -0.457. The van der Waals surface area contributed by atoms with E-state index in [1.165, 1.54) is 14.2 Å². The summed E-state index contributed by atoms with van der Waals surface area (Å²) >= 11 is 0. The number of ether oxygens (including phenoxy) is 2. The lowest BCUT2D eigenvalue weighted by molar-refractivity contribution is -0.137. The Morgan fingerprint density at radius 1 is 1.11 bits per heavy atom. The lowest BCUT2D eigenvalue weighted by Crippen LogP contribution is -2.46. The van der Waals surface area contributed by atoms with E-state index < -0.39 is 5.97 Å². The van der Waals surface area contributed by atoms with E-state index in [9.17, 15) is 14.4 Å². The first-order valence-electron chi connectivity index (χ1n) is 9.96. The molecule has 28 heavy (non-hydrogen) atoms. The molecule has 1 saturated carbocycles. The smallest absolute Gasteiger partial charge is 0.354 e. The Hall–Kier alpha value is -2.15. The number of Topliss-reactive ketones (excluding diaryl/α,β-unsaturated/α-hetero) is 1. The average molecular weight is 392 g/mol. The Kier molecular flexibility index (Phi) is 7.80. The molecule has 1 fully saturated rings. The van der Waals surface area contributed by atoms with Crippen LogP contribution in [0.3, 0.4) is 0 Å². The first kappa shape index (κ1) is 22.1. The molecular weight excluding hydrogens is 360 g/mol. The minimum absolute atomic E-state index is 0.00286. The van der Waals surface area contributed by atoms with Crippen molar-refractivity contribution in [2.45, 2.75) is 65.5 Å². The van der Waals surface area contributed by atoms with Crippen molar-refractivity contribution >= 4 is 17.7 Å². The summed E-state index contributed by atoms with van der Waals surface area (Å²) in [4.78, 5) is 39.8. The highest BCUT2D eigenvalue weighted by molar-refractivity contribution is 6.04. The van der Waals surface area contributed by atoms with E-state index in [0.717, 1.165) is 37.8 Å². The Morgan fingerprint density at radius 3 is 2.29 bits per heavy atom. The molecule has 1 aromatic heterocycles. The molecule has 1 heterocycles. The number of hydrogen-bond donors (Lipinski definition) is 0. The number of methoxy groups -OCH3 is 2. The first-order valence-corrected chi connectivity index (χ1v) is 9.96. The molecule has 0 aromatic carbocycles. The molecular formula is C21H32N2O5. The van der Waals surface area contributed by atoms with E-state index in [1.54, 1.807) is 16.4 Å². The second-order valence-electron chi connectivity index (χ2n) is 7.34. The fourth-order valence-corrected chi connectivity index (χ4v) is 4.31. The van der Waals surface area contributed by atoms with Gasteiger partial charge in [0.2, 0.25) is 5.91 Å². The van der Waals surface area contributed by atoms with Gasteiger partial charge in [-0.1, -0.05) is 19.3 Å². The van der Waals surface area contributed by atoms with E-state index in [0.29, 0.717) is 23.4 Å². The minimum Gasteiger partial charge on any atom is -0.464 e. The SMILES string of the molecule is CCn1c(C)c(C(=O)CN(C(=O)COC)C2CCCCC2)c(C)c1C(=O)OC. The third-order valence-electron chi connectivity index (χ3n) is 5.66. The molecule has 1 amide bonds. The molecule has 1 aliphatic carbocycles. The van der Waals surface area contributed by atoms with Crippen molar-refractivity contribution in [2.75, 3.05) is 27.4 Å². The van der Waals surface area contributed by atoms with Gasteiger partial charge in [-0.2, -0.15) is 0 Å². The maximum Gasteiger partial charge on any atom is 0.354 e. The van der Waals surface area contributed by atoms with Gasteiger partial charge in [-0.3, -0.25) is 9.59 Å². The number of hydrogen-bond acceptors (Lipinski definition) is 5. The van der Waals surface area contributed by atoms with Crippen molar-refractivity contribution in [2.24, 2.45) is 0 Å². The normalized spacial score (nSPS) is 14.8. The second-order valence-corrected chi connectivity index (χ2v) is 7.34. The summed E-state index contributed by atoms with van der Waals surface area (Å²) in [5.74, 6) is -0.773. The summed E-state index contributed by atoms with van der Waals surface area (Å²) in [5.41, 5.74) is 2.25. The van der Waals surface area contributed by atoms with Crippen molar-refractivity contribution in [3.63, 3.8) is 0 Å². The summed E-state index contributed by atoms with van der Waals surface area (Å²) < 4.78 is 11.7. The molecule has 7 heteroatoms. The zero-order valence-corrected chi connectivity index (χ0v) is 17.7. The topological polar surface area (TPSA) is 77.8 Å². The third kappa shape index (κ3) is 4.46. The summed E-state index contributed by atoms with van der Waals surface area (Å²) in [6, 6.07) is 0.0642. The van der Waals surface area contributed by atoms with Gasteiger partial charge in [0.15, 0.2) is 5.78 Å². The fourth-order valence-electron chi connectivity index (χ4n) is 4.31. The lowest BCUT2D eigenvalue weighted by Gasteiger charge is -2.34. The van der Waals surface area contributed by atoms with Gasteiger partial charge >= 0.3 is 5.97 Å². The highest BCUT2D eigenvalue weighted by Gasteiger charge is 2.31. The number of esters is 1. The van der Waals surface area contributed by atoms with Crippen molar-refractivity contribution in [1.82, 2.24) is 9.47 Å². The van der Waals surface area contributed by atoms with Gasteiger partial charge in [-0.15, -0.1) is 0 Å². The monoisotopic (exact) mass is 392 g/mol. The van der Waals surface area contributed by atoms with Crippen LogP contribution in [0.1, 0.15) is 71.1 Å². The number of carbonyl (C=O) groups excluding carboxylic acids is 3. The van der Waals surface area contributed by atoms with Crippen LogP contribution in [-0.2, 0) is 20.8 Å². The van der Waals surface area contributed by atoms with Crippen molar-refractivity contribution in [1.29, 1.82) is 0 Å². The van der Waals surface area contributed by atoms with Crippen LogP contribution in [0.4, 0.5) is 0 Å². The predicted octanol–water partition coefficient (Wildman–Crippen LogP) is 2.90. The van der Waals surface area contributed by atoms with Gasteiger partial charge < -0.3 is 18.9 Å². The Labute approximate surface area is 167 Å². The van der Waals surface area contributed by atoms with Crippen LogP contribution in [0.15, 0.2) is 0 Å². The summed E-state index contributed by atoms with van der Waals surface area (Å²) in [7, 11) is 2.82. The third-order valence-corrected chi connectivity index (χ3v) is 5.66. The Bertz CT molecular complexity index is 732. The molecule has 156 valence electrons. The summed E-state index contributed by atoms with van der Waals surface area (Å²) in [6.45, 7) is 6.04. The molecule has 0 atom stereocenters. The maximum absolute atomic E-state index is 13.2. The van der Waals surface area contributed by atoms with Gasteiger partial charge in [0.1, 0.15) is 12.3 Å². The molecule has 0 N–H and O–H groups in total. The first-order chi connectivity index (χ1) is 13.4. The molecule has 0 spiro atoms. The van der Waals surface area contributed by atoms with Crippen LogP contribution in [0.2, 0.25) is 0 Å². The molecule has 0 radical (unpaired) electrons. The quantitative estimate of drug-likeness (QED) is 0.502. The Morgan fingerprint density at radius 2 is 1.75 bits per heavy atom. The molecule has 0 saturated heterocycles. The molecule has 1 aromatic rings. The number of nitrogens with zero attached hydrogens (tertiary/aromatic N) is 2. The molecule has 7 nitrogen and oxygen atoms in total. The second kappa shape index (κ2) is 9.87. The number of ketones is 1. The Balaban J connectivity index is 2.36. The van der Waals surface area contributed by atoms with Crippen molar-refractivity contribution in [3.05, 3.63) is 22.5 Å². The molecule has 2 rings (SSSR count). The maximum atomic E-state index is 13.2. The van der Waals surface area contributed by atoms with Crippen molar-refractivity contribution < 1.29 is 23.9 Å². The van der Waals surface area contributed by atoms with E-state index in [2.05, 4.69) is 0 Å². The van der Waals surface area contributed by atoms with Crippen molar-refractivity contribution in [3.8, 4) is 0 Å². The van der Waals surface area contributed by atoms with Crippen LogP contribution in [0.5, 0.6) is 0 Å². The highest BCUT2D eigenvalue weighted by atomic mass is 16.5. The van der Waals surface area contributed by atoms with Crippen LogP contribution in [0, 0.1) is 13.8 Å². The average Bonchev–Trinajstić information content (AvgIpc) is 2.95. The van der Waals surface area contributed by atoms with Gasteiger partial charge in [0, 0.05) is 31.0 Å². The zero-order chi connectivity index (χ0) is 20.8. The van der Waals surface area contributed by atoms with Crippen LogP contribution in [0.25, 0.3) is 0 Å². The van der Waals surface area contributed by atoms with E-state index in [-0.39, 0.29) is 30.9 Å². The molecule has 0 aliphatic heterocycles. The molecule has 1 aliphatic rings. The fraction of sp³-hybridized carbons (Fsp3) is 0.667. The number of carbonyl (C=O) groups is 3. The summed E-state index contributed by atoms with van der Waals surface area (Å²) in [5, 5.41) is 0. The molecule has 0 unspecified atom stereocenters.